The number of thioether (sulfide) groups is 1. The lowest BCUT2D eigenvalue weighted by molar-refractivity contribution is -0.479. The molecule has 0 saturated heterocycles. The molecule has 0 unspecified atom stereocenters. The van der Waals surface area contributed by atoms with Gasteiger partial charge in [-0.2, -0.15) is 0 Å². The van der Waals surface area contributed by atoms with Gasteiger partial charge in [-0.05, 0) is 54.4 Å². The number of hydrogen-bond acceptors (Lipinski definition) is 6. The van der Waals surface area contributed by atoms with E-state index in [9.17, 15) is 14.5 Å². The summed E-state index contributed by atoms with van der Waals surface area (Å²) in [6.07, 6.45) is 0. The zero-order valence-electron chi connectivity index (χ0n) is 18.1. The quantitative estimate of drug-likeness (QED) is 0.158. The standard InChI is InChI=1S/C24H20ClFN4O3S/c1-16-27-28-24(30(16)20-5-3-2-4-6-20)34-23(14-29(31)32)18-9-12-22(21(25)13-18)33-15-17-7-10-19(26)11-8-17/h2-13,23H,14-15H2,1H3/t23-/m1/s1. The highest BCUT2D eigenvalue weighted by Gasteiger charge is 2.24. The third kappa shape index (κ3) is 5.73. The summed E-state index contributed by atoms with van der Waals surface area (Å²) in [6.45, 7) is 1.72. The zero-order valence-corrected chi connectivity index (χ0v) is 19.7. The van der Waals surface area contributed by atoms with Crippen LogP contribution in [0.4, 0.5) is 4.39 Å². The highest BCUT2D eigenvalue weighted by Crippen LogP contribution is 2.38. The average Bonchev–Trinajstić information content (AvgIpc) is 3.19. The van der Waals surface area contributed by atoms with Crippen LogP contribution in [0.3, 0.4) is 0 Å². The molecule has 1 atom stereocenters. The molecule has 34 heavy (non-hydrogen) atoms. The van der Waals surface area contributed by atoms with Crippen LogP contribution in [0.25, 0.3) is 5.69 Å². The van der Waals surface area contributed by atoms with E-state index in [1.165, 1.54) is 23.9 Å². The van der Waals surface area contributed by atoms with Gasteiger partial charge >= 0.3 is 0 Å². The Bertz CT molecular complexity index is 1290. The highest BCUT2D eigenvalue weighted by molar-refractivity contribution is 7.99. The van der Waals surface area contributed by atoms with Crippen LogP contribution in [0.2, 0.25) is 5.02 Å². The number of rotatable bonds is 9. The molecule has 0 saturated carbocycles. The number of ether oxygens (including phenoxy) is 1. The van der Waals surface area contributed by atoms with Crippen molar-refractivity contribution in [2.24, 2.45) is 0 Å². The van der Waals surface area contributed by atoms with Gasteiger partial charge in [-0.1, -0.05) is 59.8 Å². The van der Waals surface area contributed by atoms with E-state index in [1.807, 2.05) is 41.8 Å². The van der Waals surface area contributed by atoms with E-state index in [0.29, 0.717) is 27.3 Å². The maximum Gasteiger partial charge on any atom is 0.220 e. The van der Waals surface area contributed by atoms with Crippen molar-refractivity contribution < 1.29 is 14.1 Å². The molecular formula is C24H20ClFN4O3S. The molecule has 4 rings (SSSR count). The second-order valence-electron chi connectivity index (χ2n) is 7.43. The first-order valence-electron chi connectivity index (χ1n) is 10.3. The first-order valence-corrected chi connectivity index (χ1v) is 11.6. The van der Waals surface area contributed by atoms with Gasteiger partial charge in [0.25, 0.3) is 0 Å². The third-order valence-electron chi connectivity index (χ3n) is 5.01. The molecule has 0 N–H and O–H groups in total. The normalized spacial score (nSPS) is 11.9. The maximum absolute atomic E-state index is 13.1. The maximum atomic E-state index is 13.1. The highest BCUT2D eigenvalue weighted by atomic mass is 35.5. The Hall–Kier alpha value is -3.43. The minimum Gasteiger partial charge on any atom is -0.487 e. The number of nitro groups is 1. The number of halogens is 2. The zero-order chi connectivity index (χ0) is 24.1. The fourth-order valence-electron chi connectivity index (χ4n) is 3.34. The van der Waals surface area contributed by atoms with Crippen molar-refractivity contribution in [2.75, 3.05) is 6.54 Å². The Morgan fingerprint density at radius 3 is 2.53 bits per heavy atom. The summed E-state index contributed by atoms with van der Waals surface area (Å²) < 4.78 is 20.7. The molecule has 4 aromatic rings. The molecule has 0 bridgehead atoms. The molecule has 3 aromatic carbocycles. The largest absolute Gasteiger partial charge is 0.487 e. The number of nitrogens with zero attached hydrogens (tertiary/aromatic N) is 4. The van der Waals surface area contributed by atoms with Crippen molar-refractivity contribution >= 4 is 23.4 Å². The molecule has 0 amide bonds. The number of benzene rings is 3. The Labute approximate surface area is 204 Å². The van der Waals surface area contributed by atoms with Crippen molar-refractivity contribution in [3.8, 4) is 11.4 Å². The SMILES string of the molecule is Cc1nnc(S[C@H](C[N+](=O)[O-])c2ccc(OCc3ccc(F)cc3)c(Cl)c2)n1-c1ccccc1. The first kappa shape index (κ1) is 23.7. The van der Waals surface area contributed by atoms with Crippen molar-refractivity contribution in [2.45, 2.75) is 23.9 Å². The Morgan fingerprint density at radius 2 is 1.85 bits per heavy atom. The van der Waals surface area contributed by atoms with Crippen LogP contribution in [-0.4, -0.2) is 26.2 Å². The van der Waals surface area contributed by atoms with Gasteiger partial charge in [0.2, 0.25) is 6.54 Å². The molecule has 7 nitrogen and oxygen atoms in total. The summed E-state index contributed by atoms with van der Waals surface area (Å²) in [5.41, 5.74) is 2.33. The van der Waals surface area contributed by atoms with Gasteiger partial charge in [-0.25, -0.2) is 4.39 Å². The van der Waals surface area contributed by atoms with E-state index in [1.54, 1.807) is 30.3 Å². The van der Waals surface area contributed by atoms with Gasteiger partial charge in [0, 0.05) is 10.6 Å². The molecule has 0 aliphatic heterocycles. The van der Waals surface area contributed by atoms with Gasteiger partial charge in [-0.15, -0.1) is 10.2 Å². The molecule has 1 heterocycles. The lowest BCUT2D eigenvalue weighted by Gasteiger charge is -2.16. The van der Waals surface area contributed by atoms with Crippen LogP contribution >= 0.6 is 23.4 Å². The molecule has 174 valence electrons. The minimum absolute atomic E-state index is 0.214. The number of aryl methyl sites for hydroxylation is 1. The van der Waals surface area contributed by atoms with E-state index < -0.39 is 5.25 Å². The Kier molecular flexibility index (Phi) is 7.44. The molecule has 1 aromatic heterocycles. The monoisotopic (exact) mass is 498 g/mol. The number of hydrogen-bond donors (Lipinski definition) is 0. The van der Waals surface area contributed by atoms with Gasteiger partial charge < -0.3 is 4.74 Å². The molecular weight excluding hydrogens is 479 g/mol. The lowest BCUT2D eigenvalue weighted by Crippen LogP contribution is -2.11. The second-order valence-corrected chi connectivity index (χ2v) is 9.00. The number of aromatic nitrogens is 3. The fraction of sp³-hybridized carbons (Fsp3) is 0.167. The smallest absolute Gasteiger partial charge is 0.220 e. The molecule has 0 fully saturated rings. The van der Waals surface area contributed by atoms with Gasteiger partial charge in [0.1, 0.15) is 29.2 Å². The topological polar surface area (TPSA) is 83.1 Å². The van der Waals surface area contributed by atoms with Crippen LogP contribution in [-0.2, 0) is 6.61 Å². The summed E-state index contributed by atoms with van der Waals surface area (Å²) in [4.78, 5) is 11.1. The summed E-state index contributed by atoms with van der Waals surface area (Å²) in [6, 6.07) is 20.7. The predicted octanol–water partition coefficient (Wildman–Crippen LogP) is 6.06. The second kappa shape index (κ2) is 10.7. The predicted molar refractivity (Wildman–Crippen MR) is 129 cm³/mol. The van der Waals surface area contributed by atoms with Gasteiger partial charge in [0.15, 0.2) is 5.16 Å². The fourth-order valence-corrected chi connectivity index (χ4v) is 4.75. The van der Waals surface area contributed by atoms with Crippen molar-refractivity contribution in [1.82, 2.24) is 14.8 Å². The lowest BCUT2D eigenvalue weighted by atomic mass is 10.1. The number of para-hydroxylation sites is 1. The molecule has 0 aliphatic rings. The van der Waals surface area contributed by atoms with Crippen LogP contribution in [0.5, 0.6) is 5.75 Å². The van der Waals surface area contributed by atoms with E-state index in [0.717, 1.165) is 11.3 Å². The molecule has 0 aliphatic carbocycles. The van der Waals surface area contributed by atoms with Crippen molar-refractivity contribution in [3.05, 3.63) is 111 Å². The summed E-state index contributed by atoms with van der Waals surface area (Å²) in [5.74, 6) is 0.790. The van der Waals surface area contributed by atoms with Crippen LogP contribution in [0, 0.1) is 22.9 Å². The van der Waals surface area contributed by atoms with E-state index in [-0.39, 0.29) is 23.9 Å². The summed E-state index contributed by atoms with van der Waals surface area (Å²) in [7, 11) is 0. The molecule has 0 radical (unpaired) electrons. The molecule has 0 spiro atoms. The van der Waals surface area contributed by atoms with E-state index >= 15 is 0 Å². The minimum atomic E-state index is -0.551. The Morgan fingerprint density at radius 1 is 1.12 bits per heavy atom. The first-order chi connectivity index (χ1) is 16.4. The molecule has 10 heteroatoms. The van der Waals surface area contributed by atoms with Crippen LogP contribution < -0.4 is 4.74 Å². The Balaban J connectivity index is 1.56. The summed E-state index contributed by atoms with van der Waals surface area (Å²) in [5, 5.41) is 20.2. The van der Waals surface area contributed by atoms with Crippen LogP contribution in [0.1, 0.15) is 22.2 Å². The van der Waals surface area contributed by atoms with Gasteiger partial charge in [0.05, 0.1) is 5.02 Å². The third-order valence-corrected chi connectivity index (χ3v) is 6.48. The average molecular weight is 499 g/mol. The van der Waals surface area contributed by atoms with Crippen LogP contribution in [0.15, 0.2) is 78.0 Å². The van der Waals surface area contributed by atoms with Gasteiger partial charge in [-0.3, -0.25) is 14.7 Å². The van der Waals surface area contributed by atoms with E-state index in [4.69, 9.17) is 16.3 Å². The van der Waals surface area contributed by atoms with Crippen molar-refractivity contribution in [1.29, 1.82) is 0 Å². The summed E-state index contributed by atoms with van der Waals surface area (Å²) >= 11 is 7.69. The van der Waals surface area contributed by atoms with E-state index in [2.05, 4.69) is 10.2 Å². The van der Waals surface area contributed by atoms with Crippen molar-refractivity contribution in [3.63, 3.8) is 0 Å².